The van der Waals surface area contributed by atoms with Gasteiger partial charge in [-0.3, -0.25) is 20.2 Å². The van der Waals surface area contributed by atoms with Crippen LogP contribution in [0.25, 0.3) is 0 Å². The number of methoxy groups -OCH3 is 1. The first-order chi connectivity index (χ1) is 28.9. The number of hydrogen-bond acceptors (Lipinski definition) is 16. The van der Waals surface area contributed by atoms with E-state index in [2.05, 4.69) is 0 Å². The van der Waals surface area contributed by atoms with Crippen molar-refractivity contribution in [1.82, 2.24) is 0 Å². The molecule has 306 valence electrons. The molecule has 0 N–H and O–H groups in total. The third kappa shape index (κ3) is 9.75. The molecule has 0 aliphatic carbocycles. The van der Waals surface area contributed by atoms with Crippen LogP contribution in [0.4, 0.5) is 11.4 Å². The number of ether oxygens (including phenoxy) is 7. The number of esters is 5. The van der Waals surface area contributed by atoms with Gasteiger partial charge in [0.25, 0.3) is 5.69 Å². The molecule has 1 heterocycles. The molecule has 5 aromatic carbocycles. The van der Waals surface area contributed by atoms with Gasteiger partial charge >= 0.3 is 35.5 Å². The first-order valence-electron chi connectivity index (χ1n) is 17.8. The number of nitro groups is 2. The first kappa shape index (κ1) is 41.6. The van der Waals surface area contributed by atoms with E-state index < -0.39 is 99.7 Å². The zero-order valence-corrected chi connectivity index (χ0v) is 31.2. The Bertz CT molecular complexity index is 2380. The summed E-state index contributed by atoms with van der Waals surface area (Å²) in [6.45, 7) is -0.773. The van der Waals surface area contributed by atoms with Gasteiger partial charge in [0, 0.05) is 6.07 Å². The fourth-order valence-electron chi connectivity index (χ4n) is 5.96. The van der Waals surface area contributed by atoms with Crippen LogP contribution in [0, 0.1) is 20.2 Å². The Kier molecular flexibility index (Phi) is 13.2. The van der Waals surface area contributed by atoms with Crippen molar-refractivity contribution in [1.29, 1.82) is 0 Å². The number of carbonyl (C=O) groups excluding carboxylic acids is 5. The summed E-state index contributed by atoms with van der Waals surface area (Å²) in [5.41, 5.74) is -2.77. The lowest BCUT2D eigenvalue weighted by molar-refractivity contribution is -0.395. The topological polar surface area (TPSA) is 236 Å². The molecule has 60 heavy (non-hydrogen) atoms. The fraction of sp³-hybridized carbons (Fsp3) is 0.167. The highest BCUT2D eigenvalue weighted by Crippen LogP contribution is 2.40. The van der Waals surface area contributed by atoms with Crippen molar-refractivity contribution in [2.75, 3.05) is 13.7 Å². The highest BCUT2D eigenvalue weighted by Gasteiger charge is 2.55. The predicted octanol–water partition coefficient (Wildman–Crippen LogP) is 5.93. The van der Waals surface area contributed by atoms with Crippen molar-refractivity contribution in [3.63, 3.8) is 0 Å². The molecular formula is C42H32N2O16. The van der Waals surface area contributed by atoms with Crippen LogP contribution in [0.3, 0.4) is 0 Å². The number of non-ortho nitro benzene ring substituents is 1. The van der Waals surface area contributed by atoms with Crippen LogP contribution in [0.5, 0.6) is 5.75 Å². The molecule has 1 aliphatic rings. The smallest absolute Gasteiger partial charge is 0.342 e. The number of benzene rings is 5. The van der Waals surface area contributed by atoms with Gasteiger partial charge in [0.2, 0.25) is 18.1 Å². The van der Waals surface area contributed by atoms with Crippen LogP contribution in [0.1, 0.15) is 51.8 Å². The van der Waals surface area contributed by atoms with Crippen molar-refractivity contribution < 1.29 is 67.0 Å². The van der Waals surface area contributed by atoms with E-state index in [4.69, 9.17) is 33.2 Å². The predicted molar refractivity (Wildman–Crippen MR) is 204 cm³/mol. The van der Waals surface area contributed by atoms with Gasteiger partial charge in [-0.15, -0.1) is 0 Å². The summed E-state index contributed by atoms with van der Waals surface area (Å²) in [5.74, 6) is -6.25. The summed E-state index contributed by atoms with van der Waals surface area (Å²) < 4.78 is 40.4. The Hall–Kier alpha value is -7.99. The minimum atomic E-state index is -2.15. The van der Waals surface area contributed by atoms with Crippen LogP contribution >= 0.6 is 0 Å². The summed E-state index contributed by atoms with van der Waals surface area (Å²) >= 11 is 0. The van der Waals surface area contributed by atoms with Crippen molar-refractivity contribution in [3.8, 4) is 5.75 Å². The van der Waals surface area contributed by atoms with Gasteiger partial charge < -0.3 is 33.2 Å². The second kappa shape index (κ2) is 19.0. The second-order valence-corrected chi connectivity index (χ2v) is 12.7. The van der Waals surface area contributed by atoms with E-state index in [0.717, 1.165) is 7.11 Å². The normalized spacial score (nSPS) is 18.2. The van der Waals surface area contributed by atoms with Crippen LogP contribution < -0.4 is 4.74 Å². The average Bonchev–Trinajstić information content (AvgIpc) is 3.28. The molecule has 18 nitrogen and oxygen atoms in total. The Morgan fingerprint density at radius 3 is 1.43 bits per heavy atom. The lowest BCUT2D eigenvalue weighted by Crippen LogP contribution is -2.64. The molecule has 18 heteroatoms. The molecule has 0 unspecified atom stereocenters. The van der Waals surface area contributed by atoms with Gasteiger partial charge in [0.1, 0.15) is 18.3 Å². The molecule has 0 spiro atoms. The molecule has 0 amide bonds. The molecule has 0 saturated carbocycles. The molecule has 1 fully saturated rings. The Morgan fingerprint density at radius 1 is 0.567 bits per heavy atom. The zero-order valence-electron chi connectivity index (χ0n) is 31.2. The molecule has 5 aromatic rings. The minimum Gasteiger partial charge on any atom is -0.465 e. The van der Waals surface area contributed by atoms with E-state index >= 15 is 0 Å². The number of nitro benzene ring substituents is 2. The fourth-order valence-corrected chi connectivity index (χ4v) is 5.96. The third-order valence-corrected chi connectivity index (χ3v) is 8.84. The number of carbonyl (C=O) groups is 5. The van der Waals surface area contributed by atoms with E-state index in [0.29, 0.717) is 12.1 Å². The molecule has 1 aliphatic heterocycles. The highest BCUT2D eigenvalue weighted by atomic mass is 16.7. The third-order valence-electron chi connectivity index (χ3n) is 8.84. The van der Waals surface area contributed by atoms with Crippen LogP contribution in [0.2, 0.25) is 0 Å². The van der Waals surface area contributed by atoms with Crippen molar-refractivity contribution in [3.05, 3.63) is 182 Å². The largest absolute Gasteiger partial charge is 0.465 e. The standard InChI is InChI=1S/C42H32N2O16/c1-54-41(49)30-22-29(43(50)51)23-31(44(52)53)33(30)60-42-36(59-40(48)28-20-12-5-13-21-28)35(58-39(47)27-18-10-4-11-19-27)34(57-38(46)26-16-8-3-9-17-26)32(56-42)24-55-37(45)25-14-6-2-7-15-25/h2-23,32,34-36,42H,24H2,1H3/t32-,34+,35+,36-,42+/m1/s1. The summed E-state index contributed by atoms with van der Waals surface area (Å²) in [6, 6.07) is 31.3. The SMILES string of the molecule is COC(=O)c1cc([N+](=O)[O-])cc([N+](=O)[O-])c1O[C@@H]1O[C@H](COC(=O)c2ccccc2)[C@H](OC(=O)c2ccccc2)[C@H](OC(=O)c2ccccc2)[C@H]1OC(=O)c1ccccc1. The summed E-state index contributed by atoms with van der Waals surface area (Å²) in [4.78, 5) is 89.9. The second-order valence-electron chi connectivity index (χ2n) is 12.7. The zero-order chi connectivity index (χ0) is 42.8. The monoisotopic (exact) mass is 820 g/mol. The van der Waals surface area contributed by atoms with E-state index in [1.54, 1.807) is 48.5 Å². The van der Waals surface area contributed by atoms with Gasteiger partial charge in [-0.05, 0) is 48.5 Å². The maximum atomic E-state index is 13.9. The maximum Gasteiger partial charge on any atom is 0.342 e. The van der Waals surface area contributed by atoms with E-state index in [1.165, 1.54) is 72.8 Å². The lowest BCUT2D eigenvalue weighted by Gasteiger charge is -2.44. The first-order valence-corrected chi connectivity index (χ1v) is 17.8. The number of nitrogens with zero attached hydrogens (tertiary/aromatic N) is 2. The Labute approximate surface area is 339 Å². The number of hydrogen-bond donors (Lipinski definition) is 0. The lowest BCUT2D eigenvalue weighted by atomic mass is 9.97. The number of rotatable bonds is 14. The average molecular weight is 821 g/mol. The summed E-state index contributed by atoms with van der Waals surface area (Å²) in [7, 11) is 0.903. The Balaban J connectivity index is 1.52. The van der Waals surface area contributed by atoms with Crippen LogP contribution in [-0.2, 0) is 28.4 Å². The van der Waals surface area contributed by atoms with Crippen molar-refractivity contribution in [2.24, 2.45) is 0 Å². The highest BCUT2D eigenvalue weighted by molar-refractivity contribution is 5.95. The van der Waals surface area contributed by atoms with Crippen LogP contribution in [-0.4, -0.2) is 84.1 Å². The minimum absolute atomic E-state index is 0.0195. The summed E-state index contributed by atoms with van der Waals surface area (Å²) in [5, 5.41) is 24.2. The molecule has 6 rings (SSSR count). The van der Waals surface area contributed by atoms with Gasteiger partial charge in [-0.2, -0.15) is 0 Å². The van der Waals surface area contributed by atoms with Gasteiger partial charge in [0.05, 0.1) is 45.3 Å². The molecule has 0 aromatic heterocycles. The molecular weight excluding hydrogens is 788 g/mol. The van der Waals surface area contributed by atoms with E-state index in [-0.39, 0.29) is 22.3 Å². The van der Waals surface area contributed by atoms with Gasteiger partial charge in [-0.1, -0.05) is 72.8 Å². The quantitative estimate of drug-likeness (QED) is 0.0546. The maximum absolute atomic E-state index is 13.9. The van der Waals surface area contributed by atoms with E-state index in [9.17, 15) is 44.2 Å². The van der Waals surface area contributed by atoms with E-state index in [1.807, 2.05) is 0 Å². The van der Waals surface area contributed by atoms with Gasteiger partial charge in [0.15, 0.2) is 12.2 Å². The molecule has 1 saturated heterocycles. The van der Waals surface area contributed by atoms with Crippen LogP contribution in [0.15, 0.2) is 133 Å². The Morgan fingerprint density at radius 2 is 1.00 bits per heavy atom. The summed E-state index contributed by atoms with van der Waals surface area (Å²) in [6.07, 6.45) is -9.60. The van der Waals surface area contributed by atoms with Crippen molar-refractivity contribution >= 4 is 41.2 Å². The molecule has 0 radical (unpaired) electrons. The van der Waals surface area contributed by atoms with Gasteiger partial charge in [-0.25, -0.2) is 24.0 Å². The van der Waals surface area contributed by atoms with Crippen molar-refractivity contribution in [2.45, 2.75) is 30.7 Å². The molecule has 0 bridgehead atoms. The molecule has 5 atom stereocenters.